The second-order valence-corrected chi connectivity index (χ2v) is 7.82. The minimum absolute atomic E-state index is 0.0171. The van der Waals surface area contributed by atoms with Crippen molar-refractivity contribution in [2.45, 2.75) is 32.1 Å². The number of nitrogens with zero attached hydrogens (tertiary/aromatic N) is 2. The van der Waals surface area contributed by atoms with Gasteiger partial charge in [-0.2, -0.15) is 0 Å². The Morgan fingerprint density at radius 3 is 2.82 bits per heavy atom. The fourth-order valence-corrected chi connectivity index (χ4v) is 4.52. The Morgan fingerprint density at radius 2 is 2.00 bits per heavy atom. The van der Waals surface area contributed by atoms with Gasteiger partial charge in [0.15, 0.2) is 0 Å². The average molecular weight is 374 g/mol. The third-order valence-corrected chi connectivity index (χ3v) is 5.69. The van der Waals surface area contributed by atoms with Gasteiger partial charge in [0.1, 0.15) is 11.4 Å². The number of allylic oxidation sites excluding steroid dienone is 4. The van der Waals surface area contributed by atoms with Gasteiger partial charge in [-0.3, -0.25) is 20.0 Å². The molecule has 2 aliphatic rings. The maximum absolute atomic E-state index is 10.9. The highest BCUT2D eigenvalue weighted by atomic mass is 16.6. The Kier molecular flexibility index (Phi) is 4.69. The first-order valence-electron chi connectivity index (χ1n) is 9.63. The highest BCUT2D eigenvalue weighted by molar-refractivity contribution is 5.75. The molecule has 1 unspecified atom stereocenters. The Balaban J connectivity index is 1.61. The van der Waals surface area contributed by atoms with Crippen molar-refractivity contribution in [2.75, 3.05) is 6.54 Å². The van der Waals surface area contributed by atoms with Crippen LogP contribution >= 0.6 is 0 Å². The molecule has 2 aromatic carbocycles. The lowest BCUT2D eigenvalue weighted by Gasteiger charge is -2.27. The first kappa shape index (κ1) is 18.3. The summed E-state index contributed by atoms with van der Waals surface area (Å²) in [5, 5.41) is 10.9. The largest absolute Gasteiger partial charge is 0.272 e. The summed E-state index contributed by atoms with van der Waals surface area (Å²) in [4.78, 5) is 16.3. The maximum atomic E-state index is 10.9. The second kappa shape index (κ2) is 7.17. The topological polar surface area (TPSA) is 59.9 Å². The van der Waals surface area contributed by atoms with Gasteiger partial charge in [0.05, 0.1) is 22.6 Å². The molecule has 0 saturated heterocycles. The molecule has 2 aliphatic heterocycles. The van der Waals surface area contributed by atoms with E-state index in [0.717, 1.165) is 19.4 Å². The van der Waals surface area contributed by atoms with Gasteiger partial charge in [0.25, 0.3) is 5.69 Å². The van der Waals surface area contributed by atoms with E-state index in [1.165, 1.54) is 39.6 Å². The van der Waals surface area contributed by atoms with E-state index >= 15 is 0 Å². The van der Waals surface area contributed by atoms with Gasteiger partial charge < -0.3 is 0 Å². The monoisotopic (exact) mass is 374 g/mol. The number of benzene rings is 2. The zero-order chi connectivity index (χ0) is 19.7. The predicted octanol–water partition coefficient (Wildman–Crippen LogP) is 4.41. The van der Waals surface area contributed by atoms with E-state index in [4.69, 9.17) is 0 Å². The van der Waals surface area contributed by atoms with E-state index in [2.05, 4.69) is 49.2 Å². The van der Waals surface area contributed by atoms with Crippen LogP contribution in [0.25, 0.3) is 0 Å². The number of hydrogen-bond acceptors (Lipinski definition) is 3. The Morgan fingerprint density at radius 1 is 1.18 bits per heavy atom. The number of nitro benzene ring substituents is 1. The minimum atomic E-state index is -0.402. The van der Waals surface area contributed by atoms with Gasteiger partial charge in [-0.15, -0.1) is 0 Å². The van der Waals surface area contributed by atoms with Crippen molar-refractivity contribution in [1.29, 1.82) is 0 Å². The predicted molar refractivity (Wildman–Crippen MR) is 112 cm³/mol. The molecule has 5 nitrogen and oxygen atoms in total. The van der Waals surface area contributed by atoms with E-state index in [-0.39, 0.29) is 11.1 Å². The number of nitro groups is 1. The highest BCUT2D eigenvalue weighted by Crippen LogP contribution is 2.41. The summed E-state index contributed by atoms with van der Waals surface area (Å²) >= 11 is 0. The molecule has 0 saturated carbocycles. The number of rotatable bonds is 4. The molecule has 0 fully saturated rings. The lowest BCUT2D eigenvalue weighted by molar-refractivity contribution is -0.792. The van der Waals surface area contributed by atoms with Crippen molar-refractivity contribution in [1.82, 2.24) is 0 Å². The van der Waals surface area contributed by atoms with Gasteiger partial charge in [-0.1, -0.05) is 30.3 Å². The molecule has 2 heterocycles. The molecule has 0 amide bonds. The first-order valence-corrected chi connectivity index (χ1v) is 9.63. The number of para-hydroxylation sites is 1. The molecular formula is C23H24N3O2+. The standard InChI is InChI=1S/C23H23N3O2/c1-23(2)20-12-3-4-13-21(20)25-15-7-9-17(22(23)25)8-6-14-24-18-10-5-11-19(16-18)26(27)28/h3-6,8,10-14,16H,7,9,15H2,1-2H3/p+1. The van der Waals surface area contributed by atoms with E-state index in [9.17, 15) is 10.1 Å². The van der Waals surface area contributed by atoms with Gasteiger partial charge >= 0.3 is 0 Å². The molecular weight excluding hydrogens is 350 g/mol. The fraction of sp³-hybridized carbons (Fsp3) is 0.261. The molecule has 2 aromatic rings. The van der Waals surface area contributed by atoms with Crippen molar-refractivity contribution in [2.24, 2.45) is 4.99 Å². The number of quaternary nitrogens is 1. The van der Waals surface area contributed by atoms with Crippen LogP contribution in [0.5, 0.6) is 0 Å². The normalized spacial score (nSPS) is 20.6. The molecule has 0 bridgehead atoms. The van der Waals surface area contributed by atoms with Crippen LogP contribution in [-0.2, 0) is 5.41 Å². The summed E-state index contributed by atoms with van der Waals surface area (Å²) in [6, 6.07) is 15.1. The molecule has 0 spiro atoms. The fourth-order valence-electron chi connectivity index (χ4n) is 4.52. The molecule has 0 aliphatic carbocycles. The summed E-state index contributed by atoms with van der Waals surface area (Å²) in [6.07, 6.45) is 8.05. The lowest BCUT2D eigenvalue weighted by Crippen LogP contribution is -3.05. The average Bonchev–Trinajstić information content (AvgIpc) is 2.94. The summed E-state index contributed by atoms with van der Waals surface area (Å²) in [5.74, 6) is 0. The van der Waals surface area contributed by atoms with Crippen molar-refractivity contribution in [3.8, 4) is 0 Å². The number of aliphatic imine (C=N–C) groups is 1. The zero-order valence-corrected chi connectivity index (χ0v) is 16.2. The van der Waals surface area contributed by atoms with Gasteiger partial charge in [0, 0.05) is 35.9 Å². The van der Waals surface area contributed by atoms with Gasteiger partial charge in [-0.05, 0) is 38.5 Å². The van der Waals surface area contributed by atoms with Gasteiger partial charge in [0.2, 0.25) is 0 Å². The van der Waals surface area contributed by atoms with E-state index < -0.39 is 4.92 Å². The lowest BCUT2D eigenvalue weighted by atomic mass is 9.80. The molecule has 0 aromatic heterocycles. The summed E-state index contributed by atoms with van der Waals surface area (Å²) in [6.45, 7) is 5.75. The molecule has 1 atom stereocenters. The number of non-ortho nitro benzene ring substituents is 1. The van der Waals surface area contributed by atoms with Crippen LogP contribution in [0.4, 0.5) is 17.1 Å². The van der Waals surface area contributed by atoms with Crippen LogP contribution in [0, 0.1) is 10.1 Å². The SMILES string of the molecule is CC1(C)C2=C(C=CC=Nc3cccc([N+](=O)[O-])c3)CCC[NH+]2c2ccccc21. The van der Waals surface area contributed by atoms with Crippen LogP contribution in [0.15, 0.2) is 76.9 Å². The molecule has 5 heteroatoms. The maximum Gasteiger partial charge on any atom is 0.271 e. The van der Waals surface area contributed by atoms with E-state index in [1.807, 2.05) is 6.08 Å². The van der Waals surface area contributed by atoms with E-state index in [1.54, 1.807) is 18.3 Å². The van der Waals surface area contributed by atoms with E-state index in [0.29, 0.717) is 5.69 Å². The molecule has 28 heavy (non-hydrogen) atoms. The summed E-state index contributed by atoms with van der Waals surface area (Å²) < 4.78 is 0. The van der Waals surface area contributed by atoms with Gasteiger partial charge in [-0.25, -0.2) is 0 Å². The quantitative estimate of drug-likeness (QED) is 0.490. The Bertz CT molecular complexity index is 1020. The number of fused-ring (bicyclic) bond motifs is 3. The summed E-state index contributed by atoms with van der Waals surface area (Å²) in [5.41, 5.74) is 6.30. The number of nitrogens with one attached hydrogen (secondary N) is 1. The zero-order valence-electron chi connectivity index (χ0n) is 16.2. The van der Waals surface area contributed by atoms with Crippen LogP contribution in [0.1, 0.15) is 32.3 Å². The first-order chi connectivity index (χ1) is 13.5. The molecule has 0 radical (unpaired) electrons. The second-order valence-electron chi connectivity index (χ2n) is 7.82. The van der Waals surface area contributed by atoms with Crippen LogP contribution < -0.4 is 4.90 Å². The smallest absolute Gasteiger partial charge is 0.271 e. The summed E-state index contributed by atoms with van der Waals surface area (Å²) in [7, 11) is 0. The minimum Gasteiger partial charge on any atom is -0.272 e. The Labute approximate surface area is 164 Å². The van der Waals surface area contributed by atoms with Crippen LogP contribution in [0.2, 0.25) is 0 Å². The number of hydrogen-bond donors (Lipinski definition) is 1. The van der Waals surface area contributed by atoms with Crippen LogP contribution in [0.3, 0.4) is 0 Å². The Hall–Kier alpha value is -3.05. The van der Waals surface area contributed by atoms with Crippen molar-refractivity contribution in [3.63, 3.8) is 0 Å². The van der Waals surface area contributed by atoms with Crippen molar-refractivity contribution in [3.05, 3.63) is 87.6 Å². The highest BCUT2D eigenvalue weighted by Gasteiger charge is 2.47. The molecule has 1 N–H and O–H groups in total. The van der Waals surface area contributed by atoms with Crippen LogP contribution in [-0.4, -0.2) is 17.7 Å². The third kappa shape index (κ3) is 3.18. The molecule has 142 valence electrons. The third-order valence-electron chi connectivity index (χ3n) is 5.69. The van der Waals surface area contributed by atoms with Crippen molar-refractivity contribution < 1.29 is 9.82 Å². The van der Waals surface area contributed by atoms with Crippen molar-refractivity contribution >= 4 is 23.3 Å². The molecule has 4 rings (SSSR count).